The quantitative estimate of drug-likeness (QED) is 0.712. The maximum absolute atomic E-state index is 12.2. The van der Waals surface area contributed by atoms with E-state index in [2.05, 4.69) is 15.0 Å². The van der Waals surface area contributed by atoms with Crippen LogP contribution in [-0.2, 0) is 14.8 Å². The van der Waals surface area contributed by atoms with Crippen LogP contribution in [0.4, 0.5) is 0 Å². The number of carbonyl (C=O) groups excluding carboxylic acids is 1. The number of aromatic nitrogens is 1. The van der Waals surface area contributed by atoms with Gasteiger partial charge in [0.2, 0.25) is 5.91 Å². The molecule has 2 rings (SSSR count). The number of carbonyl (C=O) groups is 1. The van der Waals surface area contributed by atoms with Gasteiger partial charge < -0.3 is 10.3 Å². The van der Waals surface area contributed by atoms with Gasteiger partial charge in [-0.2, -0.15) is 4.72 Å². The highest BCUT2D eigenvalue weighted by molar-refractivity contribution is 7.91. The van der Waals surface area contributed by atoms with Crippen molar-refractivity contribution >= 4 is 27.3 Å². The summed E-state index contributed by atoms with van der Waals surface area (Å²) in [4.78, 5) is 24.9. The van der Waals surface area contributed by atoms with E-state index in [-0.39, 0.29) is 15.8 Å². The number of nitrogens with one attached hydrogen (secondary N) is 3. The second-order valence-electron chi connectivity index (χ2n) is 4.39. The predicted octanol–water partition coefficient (Wildman–Crippen LogP) is -0.308. The number of hydrogen-bond donors (Lipinski definition) is 3. The van der Waals surface area contributed by atoms with Crippen molar-refractivity contribution in [3.05, 3.63) is 15.4 Å². The molecule has 0 saturated carbocycles. The molecule has 0 bridgehead atoms. The Hall–Kier alpha value is -1.19. The first kappa shape index (κ1) is 14.2. The van der Waals surface area contributed by atoms with Crippen molar-refractivity contribution < 1.29 is 13.2 Å². The molecule has 1 fully saturated rings. The van der Waals surface area contributed by atoms with Crippen molar-refractivity contribution in [2.75, 3.05) is 6.54 Å². The zero-order valence-electron chi connectivity index (χ0n) is 10.4. The average molecular weight is 305 g/mol. The van der Waals surface area contributed by atoms with Crippen molar-refractivity contribution in [1.82, 2.24) is 15.0 Å². The molecular weight excluding hydrogens is 290 g/mol. The van der Waals surface area contributed by atoms with Crippen LogP contribution in [0.25, 0.3) is 0 Å². The molecule has 0 spiro atoms. The normalized spacial score (nSPS) is 20.9. The standard InChI is InChI=1S/C10H15N3O4S2/c1-6-9(18-10(15)12-6)19(16,17)13-7-4-2-3-5-11-8(7)14/h7,13H,2-5H2,1H3,(H,11,14)(H,12,15). The summed E-state index contributed by atoms with van der Waals surface area (Å²) in [6, 6.07) is -0.774. The van der Waals surface area contributed by atoms with E-state index < -0.39 is 20.9 Å². The van der Waals surface area contributed by atoms with Crippen molar-refractivity contribution in [2.45, 2.75) is 36.4 Å². The van der Waals surface area contributed by atoms with Gasteiger partial charge in [0.1, 0.15) is 6.04 Å². The van der Waals surface area contributed by atoms with Crippen LogP contribution in [0, 0.1) is 6.92 Å². The molecule has 7 nitrogen and oxygen atoms in total. The van der Waals surface area contributed by atoms with Crippen molar-refractivity contribution in [1.29, 1.82) is 0 Å². The van der Waals surface area contributed by atoms with E-state index in [1.54, 1.807) is 0 Å². The highest BCUT2D eigenvalue weighted by Crippen LogP contribution is 2.17. The van der Waals surface area contributed by atoms with Crippen LogP contribution in [0.15, 0.2) is 9.00 Å². The average Bonchev–Trinajstić information content (AvgIpc) is 2.54. The number of aryl methyl sites for hydroxylation is 1. The Balaban J connectivity index is 2.23. The van der Waals surface area contributed by atoms with Crippen LogP contribution < -0.4 is 14.9 Å². The predicted molar refractivity (Wildman–Crippen MR) is 70.6 cm³/mol. The number of sulfonamides is 1. The number of thiazole rings is 1. The molecule has 9 heteroatoms. The van der Waals surface area contributed by atoms with E-state index in [1.165, 1.54) is 6.92 Å². The highest BCUT2D eigenvalue weighted by atomic mass is 32.2. The Morgan fingerprint density at radius 3 is 2.68 bits per heavy atom. The molecule has 106 valence electrons. The van der Waals surface area contributed by atoms with E-state index in [0.717, 1.165) is 12.8 Å². The molecule has 19 heavy (non-hydrogen) atoms. The van der Waals surface area contributed by atoms with Crippen LogP contribution in [-0.4, -0.2) is 31.9 Å². The van der Waals surface area contributed by atoms with Gasteiger partial charge in [-0.15, -0.1) is 0 Å². The summed E-state index contributed by atoms with van der Waals surface area (Å²) in [5.41, 5.74) is 0.288. The Bertz CT molecular complexity index is 631. The van der Waals surface area contributed by atoms with Gasteiger partial charge in [0.05, 0.1) is 0 Å². The lowest BCUT2D eigenvalue weighted by Crippen LogP contribution is -2.45. The number of H-pyrrole nitrogens is 1. The van der Waals surface area contributed by atoms with Crippen molar-refractivity contribution in [3.63, 3.8) is 0 Å². The first-order valence-electron chi connectivity index (χ1n) is 5.90. The Labute approximate surface area is 114 Å². The van der Waals surface area contributed by atoms with Gasteiger partial charge in [-0.25, -0.2) is 8.42 Å². The second-order valence-corrected chi connectivity index (χ2v) is 7.28. The Kier molecular flexibility index (Phi) is 4.07. The van der Waals surface area contributed by atoms with Crippen LogP contribution in [0.5, 0.6) is 0 Å². The van der Waals surface area contributed by atoms with Gasteiger partial charge in [0.25, 0.3) is 10.0 Å². The minimum absolute atomic E-state index is 0.0606. The first-order chi connectivity index (χ1) is 8.90. The molecule has 1 aromatic rings. The van der Waals surface area contributed by atoms with E-state index in [0.29, 0.717) is 24.3 Å². The molecule has 1 amide bonds. The zero-order chi connectivity index (χ0) is 14.0. The third-order valence-corrected chi connectivity index (χ3v) is 5.93. The Morgan fingerprint density at radius 1 is 1.32 bits per heavy atom. The van der Waals surface area contributed by atoms with Gasteiger partial charge in [-0.3, -0.25) is 9.59 Å². The van der Waals surface area contributed by atoms with Gasteiger partial charge >= 0.3 is 4.87 Å². The topological polar surface area (TPSA) is 108 Å². The van der Waals surface area contributed by atoms with Gasteiger partial charge in [0, 0.05) is 12.2 Å². The lowest BCUT2D eigenvalue weighted by atomic mass is 10.1. The van der Waals surface area contributed by atoms with E-state index in [4.69, 9.17) is 0 Å². The molecular formula is C10H15N3O4S2. The van der Waals surface area contributed by atoms with Crippen LogP contribution in [0.1, 0.15) is 25.0 Å². The number of rotatable bonds is 3. The molecule has 1 saturated heterocycles. The fourth-order valence-corrected chi connectivity index (χ4v) is 4.49. The summed E-state index contributed by atoms with van der Waals surface area (Å²) in [5.74, 6) is -0.318. The molecule has 1 atom stereocenters. The summed E-state index contributed by atoms with van der Waals surface area (Å²) in [6.45, 7) is 2.08. The second kappa shape index (κ2) is 5.43. The van der Waals surface area contributed by atoms with Crippen molar-refractivity contribution in [2.24, 2.45) is 0 Å². The molecule has 3 N–H and O–H groups in total. The fraction of sp³-hybridized carbons (Fsp3) is 0.600. The van der Waals surface area contributed by atoms with Gasteiger partial charge in [-0.1, -0.05) is 11.3 Å². The van der Waals surface area contributed by atoms with E-state index >= 15 is 0 Å². The minimum Gasteiger partial charge on any atom is -0.355 e. The van der Waals surface area contributed by atoms with Gasteiger partial charge in [-0.05, 0) is 26.2 Å². The summed E-state index contributed by atoms with van der Waals surface area (Å²) in [7, 11) is -3.84. The number of aromatic amines is 1. The molecule has 1 aliphatic heterocycles. The largest absolute Gasteiger partial charge is 0.355 e. The monoisotopic (exact) mass is 305 g/mol. The summed E-state index contributed by atoms with van der Waals surface area (Å²) < 4.78 is 26.6. The maximum atomic E-state index is 12.2. The SMILES string of the molecule is Cc1[nH]c(=O)sc1S(=O)(=O)NC1CCCCNC1=O. The van der Waals surface area contributed by atoms with Crippen LogP contribution in [0.3, 0.4) is 0 Å². The Morgan fingerprint density at radius 2 is 2.05 bits per heavy atom. The summed E-state index contributed by atoms with van der Waals surface area (Å²) in [6.07, 6.45) is 2.07. The third kappa shape index (κ3) is 3.23. The third-order valence-electron chi connectivity index (χ3n) is 2.86. The number of hydrogen-bond acceptors (Lipinski definition) is 5. The molecule has 1 unspecified atom stereocenters. The molecule has 2 heterocycles. The molecule has 0 aromatic carbocycles. The smallest absolute Gasteiger partial charge is 0.305 e. The summed E-state index contributed by atoms with van der Waals surface area (Å²) in [5, 5.41) is 2.66. The maximum Gasteiger partial charge on any atom is 0.305 e. The molecule has 1 aliphatic rings. The fourth-order valence-electron chi connectivity index (χ4n) is 1.94. The highest BCUT2D eigenvalue weighted by Gasteiger charge is 2.29. The lowest BCUT2D eigenvalue weighted by Gasteiger charge is -2.14. The van der Waals surface area contributed by atoms with E-state index in [9.17, 15) is 18.0 Å². The van der Waals surface area contributed by atoms with Crippen molar-refractivity contribution in [3.8, 4) is 0 Å². The molecule has 0 aliphatic carbocycles. The molecule has 0 radical (unpaired) electrons. The van der Waals surface area contributed by atoms with Gasteiger partial charge in [0.15, 0.2) is 4.21 Å². The van der Waals surface area contributed by atoms with E-state index in [1.807, 2.05) is 0 Å². The summed E-state index contributed by atoms with van der Waals surface area (Å²) >= 11 is 0.623. The molecule has 1 aromatic heterocycles. The minimum atomic E-state index is -3.84. The zero-order valence-corrected chi connectivity index (χ0v) is 12.0. The van der Waals surface area contributed by atoms with Crippen LogP contribution >= 0.6 is 11.3 Å². The number of amides is 1. The van der Waals surface area contributed by atoms with Crippen LogP contribution in [0.2, 0.25) is 0 Å². The lowest BCUT2D eigenvalue weighted by molar-refractivity contribution is -0.122. The first-order valence-corrected chi connectivity index (χ1v) is 8.20.